The second-order valence-electron chi connectivity index (χ2n) is 3.38. The molecule has 0 unspecified atom stereocenters. The molecule has 0 spiro atoms. The lowest BCUT2D eigenvalue weighted by Gasteiger charge is -2.30. The summed E-state index contributed by atoms with van der Waals surface area (Å²) in [6.45, 7) is 2.44. The van der Waals surface area contributed by atoms with E-state index in [0.29, 0.717) is 19.6 Å². The summed E-state index contributed by atoms with van der Waals surface area (Å²) in [4.78, 5) is 3.77. The van der Waals surface area contributed by atoms with Crippen LogP contribution in [0.4, 0.5) is 0 Å². The van der Waals surface area contributed by atoms with Crippen molar-refractivity contribution in [3.63, 3.8) is 0 Å². The van der Waals surface area contributed by atoms with Crippen LogP contribution in [0.2, 0.25) is 0 Å². The molecule has 0 fully saturated rings. The standard InChI is InChI=1S/C8H16N2O4S/c11-7-5-9-1-3-10(4-2-9)6-8-15(12,13)14/h1,3,11H,2,4-8H2,(H,12,13,14). The Bertz CT molecular complexity index is 315. The topological polar surface area (TPSA) is 81.1 Å². The molecule has 0 aromatic heterocycles. The van der Waals surface area contributed by atoms with Crippen LogP contribution in [-0.2, 0) is 10.1 Å². The fourth-order valence-corrected chi connectivity index (χ4v) is 1.79. The van der Waals surface area contributed by atoms with Gasteiger partial charge in [-0.3, -0.25) is 4.55 Å². The van der Waals surface area contributed by atoms with Crippen molar-refractivity contribution in [1.82, 2.24) is 9.80 Å². The van der Waals surface area contributed by atoms with Crippen molar-refractivity contribution in [2.45, 2.75) is 0 Å². The van der Waals surface area contributed by atoms with E-state index in [1.165, 1.54) is 0 Å². The molecule has 0 aliphatic carbocycles. The third-order valence-corrected chi connectivity index (χ3v) is 2.88. The molecule has 1 rings (SSSR count). The summed E-state index contributed by atoms with van der Waals surface area (Å²) in [7, 11) is -3.88. The van der Waals surface area contributed by atoms with Gasteiger partial charge in [-0.2, -0.15) is 8.42 Å². The molecule has 88 valence electrons. The van der Waals surface area contributed by atoms with Gasteiger partial charge in [0.25, 0.3) is 10.1 Å². The van der Waals surface area contributed by atoms with E-state index in [2.05, 4.69) is 0 Å². The van der Waals surface area contributed by atoms with Crippen molar-refractivity contribution in [1.29, 1.82) is 0 Å². The van der Waals surface area contributed by atoms with Crippen LogP contribution in [0.25, 0.3) is 0 Å². The highest BCUT2D eigenvalue weighted by atomic mass is 32.2. The van der Waals surface area contributed by atoms with Gasteiger partial charge in [0, 0.05) is 38.6 Å². The average Bonchev–Trinajstić information content (AvgIpc) is 2.16. The molecule has 7 heteroatoms. The van der Waals surface area contributed by atoms with Gasteiger partial charge in [0.1, 0.15) is 0 Å². The predicted molar refractivity (Wildman–Crippen MR) is 55.8 cm³/mol. The number of nitrogens with zero attached hydrogens (tertiary/aromatic N) is 2. The highest BCUT2D eigenvalue weighted by Gasteiger charge is 2.12. The van der Waals surface area contributed by atoms with Crippen LogP contribution in [0.1, 0.15) is 0 Å². The zero-order chi connectivity index (χ0) is 11.3. The van der Waals surface area contributed by atoms with E-state index in [1.54, 1.807) is 6.20 Å². The second-order valence-corrected chi connectivity index (χ2v) is 4.95. The smallest absolute Gasteiger partial charge is 0.266 e. The number of hydrogen-bond acceptors (Lipinski definition) is 5. The SMILES string of the molecule is O=S(=O)(O)CCN1C=CN(CCO)CC1. The maximum absolute atomic E-state index is 10.5. The number of aliphatic hydroxyl groups excluding tert-OH is 1. The molecule has 15 heavy (non-hydrogen) atoms. The van der Waals surface area contributed by atoms with Crippen LogP contribution in [0.3, 0.4) is 0 Å². The van der Waals surface area contributed by atoms with Crippen LogP contribution in [0.15, 0.2) is 12.4 Å². The van der Waals surface area contributed by atoms with Crippen molar-refractivity contribution in [3.05, 3.63) is 12.4 Å². The van der Waals surface area contributed by atoms with E-state index >= 15 is 0 Å². The number of aliphatic hydroxyl groups is 1. The van der Waals surface area contributed by atoms with Gasteiger partial charge in [-0.15, -0.1) is 0 Å². The van der Waals surface area contributed by atoms with Gasteiger partial charge in [-0.05, 0) is 0 Å². The molecule has 0 saturated heterocycles. The third-order valence-electron chi connectivity index (χ3n) is 2.19. The maximum Gasteiger partial charge on any atom is 0.266 e. The molecule has 0 atom stereocenters. The molecular weight excluding hydrogens is 220 g/mol. The zero-order valence-electron chi connectivity index (χ0n) is 8.41. The van der Waals surface area contributed by atoms with Crippen molar-refractivity contribution < 1.29 is 18.1 Å². The van der Waals surface area contributed by atoms with Crippen molar-refractivity contribution in [3.8, 4) is 0 Å². The Balaban J connectivity index is 2.33. The fourth-order valence-electron chi connectivity index (χ4n) is 1.33. The highest BCUT2D eigenvalue weighted by Crippen LogP contribution is 2.02. The molecule has 1 aliphatic heterocycles. The molecule has 2 N–H and O–H groups in total. The first-order chi connectivity index (χ1) is 7.01. The van der Waals surface area contributed by atoms with Crippen molar-refractivity contribution in [2.24, 2.45) is 0 Å². The number of rotatable bonds is 5. The summed E-state index contributed by atoms with van der Waals surface area (Å²) in [5, 5.41) is 8.69. The molecule has 0 aromatic carbocycles. The minimum atomic E-state index is -3.88. The van der Waals surface area contributed by atoms with Crippen LogP contribution in [0.5, 0.6) is 0 Å². The molecule has 1 heterocycles. The first-order valence-electron chi connectivity index (χ1n) is 4.74. The molecule has 6 nitrogen and oxygen atoms in total. The quantitative estimate of drug-likeness (QED) is 0.593. The summed E-state index contributed by atoms with van der Waals surface area (Å²) in [5.74, 6) is -0.253. The molecular formula is C8H16N2O4S. The Labute approximate surface area is 89.5 Å². The monoisotopic (exact) mass is 236 g/mol. The summed E-state index contributed by atoms with van der Waals surface area (Å²) >= 11 is 0. The molecule has 1 aliphatic rings. The summed E-state index contributed by atoms with van der Waals surface area (Å²) < 4.78 is 29.6. The van der Waals surface area contributed by atoms with Crippen LogP contribution >= 0.6 is 0 Å². The minimum Gasteiger partial charge on any atom is -0.395 e. The second kappa shape index (κ2) is 5.34. The Hall–Kier alpha value is -0.790. The molecule has 0 aromatic rings. The van der Waals surface area contributed by atoms with Crippen molar-refractivity contribution in [2.75, 3.05) is 38.5 Å². The van der Waals surface area contributed by atoms with E-state index in [4.69, 9.17) is 9.66 Å². The predicted octanol–water partition coefficient (Wildman–Crippen LogP) is -1.04. The van der Waals surface area contributed by atoms with Gasteiger partial charge in [-0.25, -0.2) is 0 Å². The zero-order valence-corrected chi connectivity index (χ0v) is 9.23. The van der Waals surface area contributed by atoms with E-state index in [9.17, 15) is 8.42 Å². The lowest BCUT2D eigenvalue weighted by Crippen LogP contribution is -2.37. The lowest BCUT2D eigenvalue weighted by molar-refractivity contribution is 0.208. The molecule has 0 radical (unpaired) electrons. The maximum atomic E-state index is 10.5. The Morgan fingerprint density at radius 2 is 1.67 bits per heavy atom. The van der Waals surface area contributed by atoms with Crippen LogP contribution < -0.4 is 0 Å². The van der Waals surface area contributed by atoms with Gasteiger partial charge in [-0.1, -0.05) is 0 Å². The number of β-amino-alcohol motifs (C(OH)–C–C–N with tert-alkyl or cyclic N) is 1. The summed E-state index contributed by atoms with van der Waals surface area (Å²) in [5.41, 5.74) is 0. The van der Waals surface area contributed by atoms with E-state index in [0.717, 1.165) is 6.54 Å². The first-order valence-corrected chi connectivity index (χ1v) is 6.34. The van der Waals surface area contributed by atoms with E-state index < -0.39 is 10.1 Å². The Morgan fingerprint density at radius 1 is 1.13 bits per heavy atom. The first kappa shape index (κ1) is 12.3. The lowest BCUT2D eigenvalue weighted by atomic mass is 10.4. The van der Waals surface area contributed by atoms with Gasteiger partial charge in [0.05, 0.1) is 12.4 Å². The Morgan fingerprint density at radius 3 is 2.07 bits per heavy atom. The van der Waals surface area contributed by atoms with Crippen LogP contribution in [0, 0.1) is 0 Å². The van der Waals surface area contributed by atoms with Gasteiger partial charge < -0.3 is 14.9 Å². The molecule has 0 saturated carbocycles. The minimum absolute atomic E-state index is 0.107. The summed E-state index contributed by atoms with van der Waals surface area (Å²) in [6, 6.07) is 0. The van der Waals surface area contributed by atoms with Gasteiger partial charge in [0.15, 0.2) is 0 Å². The van der Waals surface area contributed by atoms with Crippen LogP contribution in [-0.4, -0.2) is 66.4 Å². The van der Waals surface area contributed by atoms with E-state index in [-0.39, 0.29) is 12.4 Å². The molecule has 0 bridgehead atoms. The fraction of sp³-hybridized carbons (Fsp3) is 0.750. The normalized spacial score (nSPS) is 17.2. The number of hydrogen-bond donors (Lipinski definition) is 2. The highest BCUT2D eigenvalue weighted by molar-refractivity contribution is 7.85. The van der Waals surface area contributed by atoms with E-state index in [1.807, 2.05) is 16.0 Å². The summed E-state index contributed by atoms with van der Waals surface area (Å²) in [6.07, 6.45) is 3.58. The van der Waals surface area contributed by atoms with Gasteiger partial charge in [0.2, 0.25) is 0 Å². The van der Waals surface area contributed by atoms with Gasteiger partial charge >= 0.3 is 0 Å². The van der Waals surface area contributed by atoms with Crippen molar-refractivity contribution >= 4 is 10.1 Å². The Kier molecular flexibility index (Phi) is 4.37. The molecule has 0 amide bonds. The third kappa shape index (κ3) is 5.01. The largest absolute Gasteiger partial charge is 0.395 e. The average molecular weight is 236 g/mol.